The number of hydrogen-bond donors (Lipinski definition) is 2. The average Bonchev–Trinajstić information content (AvgIpc) is 2.66. The summed E-state index contributed by atoms with van der Waals surface area (Å²) >= 11 is 0. The first-order valence-electron chi connectivity index (χ1n) is 7.93. The molecule has 0 fully saturated rings. The van der Waals surface area contributed by atoms with Gasteiger partial charge in [-0.2, -0.15) is 0 Å². The molecule has 0 aliphatic heterocycles. The van der Waals surface area contributed by atoms with Gasteiger partial charge in [0.15, 0.2) is 11.6 Å². The molecule has 5 nitrogen and oxygen atoms in total. The van der Waals surface area contributed by atoms with E-state index in [0.29, 0.717) is 33.5 Å². The van der Waals surface area contributed by atoms with Crippen molar-refractivity contribution < 1.29 is 19.5 Å². The molecule has 0 saturated carbocycles. The number of carbonyl (C=O) groups is 3. The summed E-state index contributed by atoms with van der Waals surface area (Å²) < 4.78 is 0. The van der Waals surface area contributed by atoms with Gasteiger partial charge >= 0.3 is 5.97 Å². The fourth-order valence-corrected chi connectivity index (χ4v) is 3.29. The van der Waals surface area contributed by atoms with Crippen LogP contribution in [0.1, 0.15) is 42.2 Å². The maximum Gasteiger partial charge on any atom is 0.335 e. The second-order valence-corrected chi connectivity index (χ2v) is 6.04. The van der Waals surface area contributed by atoms with Crippen molar-refractivity contribution in [3.63, 3.8) is 0 Å². The lowest BCUT2D eigenvalue weighted by Gasteiger charge is -2.21. The van der Waals surface area contributed by atoms with Crippen LogP contribution in [0.3, 0.4) is 0 Å². The lowest BCUT2D eigenvalue weighted by Crippen LogP contribution is -2.22. The molecule has 0 unspecified atom stereocenters. The van der Waals surface area contributed by atoms with Crippen LogP contribution in [-0.2, 0) is 0 Å². The maximum atomic E-state index is 13.1. The minimum atomic E-state index is -1.04. The van der Waals surface area contributed by atoms with E-state index in [2.05, 4.69) is 0 Å². The number of nitrogens with two attached hydrogens (primary N) is 1. The first kappa shape index (κ1) is 15.8. The number of anilines is 1. The molecular weight excluding hydrogens is 330 g/mol. The predicted molar refractivity (Wildman–Crippen MR) is 96.6 cm³/mol. The van der Waals surface area contributed by atoms with E-state index < -0.39 is 5.97 Å². The molecule has 4 rings (SSSR count). The predicted octanol–water partition coefficient (Wildman–Crippen LogP) is 3.41. The van der Waals surface area contributed by atoms with Gasteiger partial charge in [-0.3, -0.25) is 9.59 Å². The molecule has 26 heavy (non-hydrogen) atoms. The highest BCUT2D eigenvalue weighted by molar-refractivity contribution is 6.31. The van der Waals surface area contributed by atoms with Crippen LogP contribution in [0.25, 0.3) is 11.1 Å². The Morgan fingerprint density at radius 1 is 0.731 bits per heavy atom. The zero-order valence-corrected chi connectivity index (χ0v) is 13.5. The summed E-state index contributed by atoms with van der Waals surface area (Å²) in [5, 5.41) is 9.06. The number of aromatic carboxylic acids is 1. The van der Waals surface area contributed by atoms with Gasteiger partial charge in [-0.15, -0.1) is 0 Å². The monoisotopic (exact) mass is 343 g/mol. The minimum absolute atomic E-state index is 0.130. The smallest absolute Gasteiger partial charge is 0.335 e. The normalized spacial score (nSPS) is 12.5. The lowest BCUT2D eigenvalue weighted by atomic mass is 9.80. The van der Waals surface area contributed by atoms with E-state index in [1.54, 1.807) is 48.5 Å². The molecule has 0 aromatic heterocycles. The van der Waals surface area contributed by atoms with Crippen LogP contribution < -0.4 is 5.73 Å². The van der Waals surface area contributed by atoms with E-state index in [0.717, 1.165) is 0 Å². The second-order valence-electron chi connectivity index (χ2n) is 6.04. The zero-order chi connectivity index (χ0) is 18.4. The van der Waals surface area contributed by atoms with Gasteiger partial charge in [0, 0.05) is 33.5 Å². The topological polar surface area (TPSA) is 97.5 Å². The van der Waals surface area contributed by atoms with Gasteiger partial charge in [0.05, 0.1) is 5.56 Å². The third-order valence-corrected chi connectivity index (χ3v) is 4.55. The Labute approximate surface area is 148 Å². The summed E-state index contributed by atoms with van der Waals surface area (Å²) in [6.07, 6.45) is 0. The fourth-order valence-electron chi connectivity index (χ4n) is 3.29. The molecule has 0 atom stereocenters. The van der Waals surface area contributed by atoms with E-state index >= 15 is 0 Å². The van der Waals surface area contributed by atoms with E-state index in [-0.39, 0.29) is 22.7 Å². The molecule has 0 heterocycles. The van der Waals surface area contributed by atoms with Crippen LogP contribution >= 0.6 is 0 Å². The highest BCUT2D eigenvalue weighted by Gasteiger charge is 2.32. The SMILES string of the molecule is Nc1ccc2c(c1-c1ccc(C(=O)O)cc1)C(=O)c1ccccc1C2=O. The maximum absolute atomic E-state index is 13.1. The van der Waals surface area contributed by atoms with Gasteiger partial charge in [0.2, 0.25) is 0 Å². The number of ketones is 2. The number of benzene rings is 3. The Morgan fingerprint density at radius 3 is 1.96 bits per heavy atom. The van der Waals surface area contributed by atoms with Crippen LogP contribution in [-0.4, -0.2) is 22.6 Å². The van der Waals surface area contributed by atoms with Gasteiger partial charge in [-0.25, -0.2) is 4.79 Å². The summed E-state index contributed by atoms with van der Waals surface area (Å²) in [6.45, 7) is 0. The molecule has 5 heteroatoms. The minimum Gasteiger partial charge on any atom is -0.478 e. The zero-order valence-electron chi connectivity index (χ0n) is 13.5. The van der Waals surface area contributed by atoms with Crippen molar-refractivity contribution in [2.24, 2.45) is 0 Å². The molecule has 3 aromatic rings. The Hall–Kier alpha value is -3.73. The molecule has 0 saturated heterocycles. The van der Waals surface area contributed by atoms with Crippen molar-refractivity contribution in [2.45, 2.75) is 0 Å². The van der Waals surface area contributed by atoms with Crippen LogP contribution in [0.5, 0.6) is 0 Å². The van der Waals surface area contributed by atoms with E-state index in [9.17, 15) is 14.4 Å². The van der Waals surface area contributed by atoms with Crippen LogP contribution in [0.2, 0.25) is 0 Å². The van der Waals surface area contributed by atoms with Gasteiger partial charge in [-0.05, 0) is 29.8 Å². The van der Waals surface area contributed by atoms with Crippen LogP contribution in [0.4, 0.5) is 5.69 Å². The number of carbonyl (C=O) groups excluding carboxylic acids is 2. The Balaban J connectivity index is 1.97. The van der Waals surface area contributed by atoms with Gasteiger partial charge < -0.3 is 10.8 Å². The number of carboxylic acid groups (broad SMARTS) is 1. The van der Waals surface area contributed by atoms with Crippen molar-refractivity contribution in [3.05, 3.63) is 88.5 Å². The number of nitrogen functional groups attached to an aromatic ring is 1. The first-order valence-corrected chi connectivity index (χ1v) is 7.93. The molecule has 126 valence electrons. The summed E-state index contributed by atoms with van der Waals surface area (Å²) in [7, 11) is 0. The van der Waals surface area contributed by atoms with Crippen molar-refractivity contribution in [1.29, 1.82) is 0 Å². The van der Waals surface area contributed by atoms with E-state index in [4.69, 9.17) is 10.8 Å². The van der Waals surface area contributed by atoms with Crippen molar-refractivity contribution in [1.82, 2.24) is 0 Å². The molecule has 1 aliphatic carbocycles. The van der Waals surface area contributed by atoms with Crippen LogP contribution in [0, 0.1) is 0 Å². The largest absolute Gasteiger partial charge is 0.478 e. The number of rotatable bonds is 2. The average molecular weight is 343 g/mol. The molecule has 3 aromatic carbocycles. The molecule has 0 radical (unpaired) electrons. The quantitative estimate of drug-likeness (QED) is 0.544. The van der Waals surface area contributed by atoms with Crippen molar-refractivity contribution in [2.75, 3.05) is 5.73 Å². The summed E-state index contributed by atoms with van der Waals surface area (Å²) in [5.41, 5.74) is 8.93. The summed E-state index contributed by atoms with van der Waals surface area (Å²) in [4.78, 5) is 37.0. The van der Waals surface area contributed by atoms with Gasteiger partial charge in [-0.1, -0.05) is 36.4 Å². The first-order chi connectivity index (χ1) is 12.5. The Morgan fingerprint density at radius 2 is 1.35 bits per heavy atom. The highest BCUT2D eigenvalue weighted by atomic mass is 16.4. The Kier molecular flexibility index (Phi) is 3.44. The molecule has 0 amide bonds. The molecule has 0 bridgehead atoms. The molecular formula is C21H13NO4. The number of fused-ring (bicyclic) bond motifs is 2. The van der Waals surface area contributed by atoms with Crippen molar-refractivity contribution in [3.8, 4) is 11.1 Å². The van der Waals surface area contributed by atoms with Crippen LogP contribution in [0.15, 0.2) is 60.7 Å². The lowest BCUT2D eigenvalue weighted by molar-refractivity contribution is 0.0696. The standard InChI is InChI=1S/C21H13NO4/c22-16-10-9-15-18(17(16)11-5-7-12(8-6-11)21(25)26)20(24)14-4-2-1-3-13(14)19(15)23/h1-10H,22H2,(H,25,26). The number of hydrogen-bond acceptors (Lipinski definition) is 4. The second kappa shape index (κ2) is 5.67. The fraction of sp³-hybridized carbons (Fsp3) is 0. The molecule has 1 aliphatic rings. The van der Waals surface area contributed by atoms with E-state index in [1.807, 2.05) is 0 Å². The van der Waals surface area contributed by atoms with Crippen molar-refractivity contribution >= 4 is 23.2 Å². The molecule has 0 spiro atoms. The van der Waals surface area contributed by atoms with Gasteiger partial charge in [0.1, 0.15) is 0 Å². The third kappa shape index (κ3) is 2.22. The highest BCUT2D eigenvalue weighted by Crippen LogP contribution is 2.38. The molecule has 3 N–H and O–H groups in total. The van der Waals surface area contributed by atoms with Gasteiger partial charge in [0.25, 0.3) is 0 Å². The summed E-state index contributed by atoms with van der Waals surface area (Å²) in [5.74, 6) is -1.53. The Bertz CT molecular complexity index is 1100. The third-order valence-electron chi connectivity index (χ3n) is 4.55. The summed E-state index contributed by atoms with van der Waals surface area (Å²) in [6, 6.07) is 15.9. The van der Waals surface area contributed by atoms with E-state index in [1.165, 1.54) is 12.1 Å². The number of carboxylic acids is 1.